The second-order valence-electron chi connectivity index (χ2n) is 7.68. The molecule has 5 heteroatoms. The van der Waals surface area contributed by atoms with E-state index in [1.54, 1.807) is 4.90 Å². The molecular formula is C17H26ClN3O. The molecule has 4 aliphatic carbocycles. The van der Waals surface area contributed by atoms with Crippen LogP contribution in [0.4, 0.5) is 0 Å². The Balaban J connectivity index is 0.00000144. The number of hydrogen-bond donors (Lipinski definition) is 1. The van der Waals surface area contributed by atoms with E-state index in [0.29, 0.717) is 12.6 Å². The van der Waals surface area contributed by atoms with Crippen molar-refractivity contribution in [1.82, 2.24) is 10.2 Å². The molecule has 5 rings (SSSR count). The maximum absolute atomic E-state index is 12.4. The lowest BCUT2D eigenvalue weighted by atomic mass is 9.54. The van der Waals surface area contributed by atoms with E-state index >= 15 is 0 Å². The van der Waals surface area contributed by atoms with Crippen molar-refractivity contribution < 1.29 is 4.79 Å². The zero-order valence-corrected chi connectivity index (χ0v) is 13.9. The molecule has 5 aliphatic rings. The number of nitrogens with zero attached hydrogens (tertiary/aromatic N) is 2. The predicted molar refractivity (Wildman–Crippen MR) is 87.4 cm³/mol. The molecule has 0 aromatic carbocycles. The van der Waals surface area contributed by atoms with Crippen LogP contribution in [0.25, 0.3) is 4.85 Å². The number of halogens is 1. The molecule has 0 radical (unpaired) electrons. The van der Waals surface area contributed by atoms with E-state index in [1.807, 2.05) is 0 Å². The van der Waals surface area contributed by atoms with Gasteiger partial charge in [0.15, 0.2) is 0 Å². The van der Waals surface area contributed by atoms with Crippen LogP contribution in [0, 0.1) is 30.2 Å². The molecule has 122 valence electrons. The van der Waals surface area contributed by atoms with Crippen LogP contribution < -0.4 is 5.32 Å². The first-order valence-electron chi connectivity index (χ1n) is 8.64. The molecule has 1 saturated heterocycles. The van der Waals surface area contributed by atoms with Gasteiger partial charge in [-0.15, -0.1) is 12.4 Å². The van der Waals surface area contributed by atoms with Gasteiger partial charge in [0.1, 0.15) is 0 Å². The van der Waals surface area contributed by atoms with Crippen LogP contribution >= 0.6 is 12.4 Å². The number of carbonyl (C=O) groups is 1. The summed E-state index contributed by atoms with van der Waals surface area (Å²) in [4.78, 5) is 17.7. The monoisotopic (exact) mass is 323 g/mol. The largest absolute Gasteiger partial charge is 0.305 e. The van der Waals surface area contributed by atoms with Crippen molar-refractivity contribution in [2.24, 2.45) is 23.7 Å². The average molecular weight is 324 g/mol. The van der Waals surface area contributed by atoms with Crippen molar-refractivity contribution in [1.29, 1.82) is 0 Å². The Morgan fingerprint density at radius 2 is 1.77 bits per heavy atom. The second-order valence-corrected chi connectivity index (χ2v) is 7.68. The summed E-state index contributed by atoms with van der Waals surface area (Å²) >= 11 is 0. The summed E-state index contributed by atoms with van der Waals surface area (Å²) in [6, 6.07) is 0.566. The number of hydrogen-bond acceptors (Lipinski definition) is 2. The van der Waals surface area contributed by atoms with E-state index in [9.17, 15) is 4.79 Å². The highest BCUT2D eigenvalue weighted by atomic mass is 35.5. The summed E-state index contributed by atoms with van der Waals surface area (Å²) < 4.78 is 0. The van der Waals surface area contributed by atoms with E-state index in [1.165, 1.54) is 32.1 Å². The molecule has 0 unspecified atom stereocenters. The fraction of sp³-hybridized carbons (Fsp3) is 0.882. The third kappa shape index (κ3) is 2.74. The highest BCUT2D eigenvalue weighted by Crippen LogP contribution is 2.53. The molecule has 0 aromatic rings. The molecule has 1 aliphatic heterocycles. The summed E-state index contributed by atoms with van der Waals surface area (Å²) in [5, 5.41) is 3.59. The molecule has 1 amide bonds. The molecule has 5 fully saturated rings. The smallest absolute Gasteiger partial charge is 0.300 e. The Bertz CT molecular complexity index is 447. The molecule has 22 heavy (non-hydrogen) atoms. The number of carbonyl (C=O) groups excluding carboxylic acids is 1. The summed E-state index contributed by atoms with van der Waals surface area (Å²) in [6.07, 6.45) is 8.64. The molecule has 4 bridgehead atoms. The first kappa shape index (κ1) is 16.1. The summed E-state index contributed by atoms with van der Waals surface area (Å²) in [5.74, 6) is 3.72. The number of amides is 1. The predicted octanol–water partition coefficient (Wildman–Crippen LogP) is 2.69. The minimum atomic E-state index is -0.196. The molecule has 4 saturated carbocycles. The minimum Gasteiger partial charge on any atom is -0.305 e. The van der Waals surface area contributed by atoms with Crippen LogP contribution in [-0.2, 0) is 4.79 Å². The quantitative estimate of drug-likeness (QED) is 0.811. The van der Waals surface area contributed by atoms with Crippen LogP contribution in [0.15, 0.2) is 0 Å². The molecule has 0 aromatic heterocycles. The van der Waals surface area contributed by atoms with Crippen molar-refractivity contribution in [3.8, 4) is 0 Å². The topological polar surface area (TPSA) is 36.7 Å². The van der Waals surface area contributed by atoms with Gasteiger partial charge in [0.2, 0.25) is 5.91 Å². The standard InChI is InChI=1S/C17H25N3O.ClH/c1-18-15-3-2-4-20(15)16(21)10-19-17-13-6-11-5-12(8-13)9-14(17)7-11;/h11-15,17,19H,2-10H2;1H/t11?,12?,13?,14?,15-,17?;/m0./s1. The number of nitrogens with one attached hydrogen (secondary N) is 1. The first-order valence-corrected chi connectivity index (χ1v) is 8.64. The average Bonchev–Trinajstić information content (AvgIpc) is 2.94. The zero-order chi connectivity index (χ0) is 14.4. The Labute approximate surface area is 139 Å². The van der Waals surface area contributed by atoms with Gasteiger partial charge in [-0.3, -0.25) is 14.5 Å². The maximum Gasteiger partial charge on any atom is 0.300 e. The third-order valence-electron chi connectivity index (χ3n) is 6.41. The Morgan fingerprint density at radius 3 is 2.36 bits per heavy atom. The van der Waals surface area contributed by atoms with E-state index in [4.69, 9.17) is 6.57 Å². The molecule has 4 nitrogen and oxygen atoms in total. The van der Waals surface area contributed by atoms with Gasteiger partial charge in [0.25, 0.3) is 0 Å². The van der Waals surface area contributed by atoms with Crippen molar-refractivity contribution in [3.63, 3.8) is 0 Å². The Morgan fingerprint density at radius 1 is 1.14 bits per heavy atom. The highest BCUT2D eigenvalue weighted by Gasteiger charge is 2.48. The van der Waals surface area contributed by atoms with Gasteiger partial charge in [-0.05, 0) is 62.2 Å². The van der Waals surface area contributed by atoms with Crippen LogP contribution in [0.2, 0.25) is 0 Å². The lowest BCUT2D eigenvalue weighted by molar-refractivity contribution is -0.131. The van der Waals surface area contributed by atoms with Gasteiger partial charge in [0, 0.05) is 19.0 Å². The minimum absolute atomic E-state index is 0. The van der Waals surface area contributed by atoms with Gasteiger partial charge in [0.05, 0.1) is 6.54 Å². The van der Waals surface area contributed by atoms with Crippen molar-refractivity contribution in [2.45, 2.75) is 57.2 Å². The lowest BCUT2D eigenvalue weighted by Gasteiger charge is -2.54. The molecule has 1 N–H and O–H groups in total. The summed E-state index contributed by atoms with van der Waals surface area (Å²) in [6.45, 7) is 8.41. The van der Waals surface area contributed by atoms with Crippen LogP contribution in [-0.4, -0.2) is 36.1 Å². The number of rotatable bonds is 3. The normalized spacial score (nSPS) is 42.0. The lowest BCUT2D eigenvalue weighted by Crippen LogP contribution is -2.56. The van der Waals surface area contributed by atoms with E-state index in [2.05, 4.69) is 10.2 Å². The Kier molecular flexibility index (Phi) is 4.66. The van der Waals surface area contributed by atoms with Crippen LogP contribution in [0.1, 0.15) is 44.9 Å². The maximum atomic E-state index is 12.4. The second kappa shape index (κ2) is 6.37. The van der Waals surface area contributed by atoms with Gasteiger partial charge in [-0.2, -0.15) is 0 Å². The molecule has 0 spiro atoms. The van der Waals surface area contributed by atoms with Crippen LogP contribution in [0.5, 0.6) is 0 Å². The third-order valence-corrected chi connectivity index (χ3v) is 6.41. The molecule has 1 heterocycles. The molecule has 1 atom stereocenters. The van der Waals surface area contributed by atoms with Crippen molar-refractivity contribution in [3.05, 3.63) is 11.4 Å². The fourth-order valence-electron chi connectivity index (χ4n) is 5.74. The van der Waals surface area contributed by atoms with E-state index < -0.39 is 0 Å². The zero-order valence-electron chi connectivity index (χ0n) is 13.0. The summed E-state index contributed by atoms with van der Waals surface area (Å²) in [7, 11) is 0. The van der Waals surface area contributed by atoms with Gasteiger partial charge >= 0.3 is 6.17 Å². The van der Waals surface area contributed by atoms with E-state index in [0.717, 1.165) is 43.1 Å². The SMILES string of the molecule is Cl.[C-]#[N+][C@@H]1CCCN1C(=O)CNC1C2CC3CC(C2)CC1C3. The Hall–Kier alpha value is -0.790. The van der Waals surface area contributed by atoms with Crippen molar-refractivity contribution >= 4 is 18.3 Å². The van der Waals surface area contributed by atoms with E-state index in [-0.39, 0.29) is 24.5 Å². The van der Waals surface area contributed by atoms with Crippen molar-refractivity contribution in [2.75, 3.05) is 13.1 Å². The molecular weight excluding hydrogens is 298 g/mol. The first-order chi connectivity index (χ1) is 10.2. The number of likely N-dealkylation sites (tertiary alicyclic amines) is 1. The van der Waals surface area contributed by atoms with Crippen LogP contribution in [0.3, 0.4) is 0 Å². The highest BCUT2D eigenvalue weighted by molar-refractivity contribution is 5.85. The fourth-order valence-corrected chi connectivity index (χ4v) is 5.74. The van der Waals surface area contributed by atoms with Gasteiger partial charge in [-0.25, -0.2) is 6.57 Å². The summed E-state index contributed by atoms with van der Waals surface area (Å²) in [5.41, 5.74) is 0. The van der Waals surface area contributed by atoms with Gasteiger partial charge in [-0.1, -0.05) is 0 Å². The van der Waals surface area contributed by atoms with Gasteiger partial charge < -0.3 is 5.32 Å².